The van der Waals surface area contributed by atoms with E-state index in [0.29, 0.717) is 37.6 Å². The van der Waals surface area contributed by atoms with Crippen LogP contribution in [0.3, 0.4) is 0 Å². The third kappa shape index (κ3) is 5.51. The van der Waals surface area contributed by atoms with E-state index < -0.39 is 0 Å². The van der Waals surface area contributed by atoms with Gasteiger partial charge in [0.25, 0.3) is 0 Å². The second kappa shape index (κ2) is 9.30. The van der Waals surface area contributed by atoms with Crippen molar-refractivity contribution in [1.82, 2.24) is 24.8 Å². The van der Waals surface area contributed by atoms with E-state index in [9.17, 15) is 9.59 Å². The molecule has 0 N–H and O–H groups in total. The standard InChI is InChI=1S/C19H31N5O3/c1-15(2)19-20-16(27-21-19)6-7-17(25)24-11-5-8-22(12-13-24)14-18(26)23-9-3-4-10-23/h15H,3-14H2,1-2H3. The lowest BCUT2D eigenvalue weighted by Gasteiger charge is -2.24. The Morgan fingerprint density at radius 2 is 1.67 bits per heavy atom. The molecule has 0 atom stereocenters. The van der Waals surface area contributed by atoms with Gasteiger partial charge in [0, 0.05) is 58.0 Å². The molecule has 2 saturated heterocycles. The summed E-state index contributed by atoms with van der Waals surface area (Å²) in [5, 5.41) is 3.94. The van der Waals surface area contributed by atoms with Gasteiger partial charge in [0.1, 0.15) is 0 Å². The summed E-state index contributed by atoms with van der Waals surface area (Å²) in [6.45, 7) is 9.32. The zero-order valence-corrected chi connectivity index (χ0v) is 16.5. The van der Waals surface area contributed by atoms with Crippen LogP contribution in [-0.4, -0.2) is 82.5 Å². The van der Waals surface area contributed by atoms with Crippen LogP contribution in [0.1, 0.15) is 57.2 Å². The summed E-state index contributed by atoms with van der Waals surface area (Å²) in [5.74, 6) is 1.78. The van der Waals surface area contributed by atoms with Crippen molar-refractivity contribution in [3.05, 3.63) is 11.7 Å². The zero-order valence-electron chi connectivity index (χ0n) is 16.5. The van der Waals surface area contributed by atoms with E-state index in [-0.39, 0.29) is 17.7 Å². The van der Waals surface area contributed by atoms with Gasteiger partial charge in [0.2, 0.25) is 17.7 Å². The monoisotopic (exact) mass is 377 g/mol. The number of aromatic nitrogens is 2. The maximum Gasteiger partial charge on any atom is 0.236 e. The van der Waals surface area contributed by atoms with Gasteiger partial charge in [0.15, 0.2) is 5.82 Å². The second-order valence-corrected chi connectivity index (χ2v) is 7.80. The molecule has 150 valence electrons. The minimum atomic E-state index is 0.118. The Kier molecular flexibility index (Phi) is 6.82. The summed E-state index contributed by atoms with van der Waals surface area (Å²) >= 11 is 0. The van der Waals surface area contributed by atoms with E-state index in [0.717, 1.165) is 52.0 Å². The molecule has 1 aromatic rings. The molecular formula is C19H31N5O3. The van der Waals surface area contributed by atoms with Crippen LogP contribution in [-0.2, 0) is 16.0 Å². The fourth-order valence-corrected chi connectivity index (χ4v) is 3.61. The molecule has 0 unspecified atom stereocenters. The highest BCUT2D eigenvalue weighted by Gasteiger charge is 2.24. The van der Waals surface area contributed by atoms with Gasteiger partial charge in [-0.05, 0) is 19.3 Å². The van der Waals surface area contributed by atoms with Crippen LogP contribution in [0.5, 0.6) is 0 Å². The van der Waals surface area contributed by atoms with Gasteiger partial charge in [-0.3, -0.25) is 14.5 Å². The average molecular weight is 377 g/mol. The first kappa shape index (κ1) is 19.8. The van der Waals surface area contributed by atoms with Crippen LogP contribution in [0.25, 0.3) is 0 Å². The number of carbonyl (C=O) groups excluding carboxylic acids is 2. The Balaban J connectivity index is 1.42. The van der Waals surface area contributed by atoms with Gasteiger partial charge in [0.05, 0.1) is 6.54 Å². The van der Waals surface area contributed by atoms with Crippen LogP contribution in [0.4, 0.5) is 0 Å². The summed E-state index contributed by atoms with van der Waals surface area (Å²) in [4.78, 5) is 35.3. The number of hydrogen-bond donors (Lipinski definition) is 0. The Labute approximate surface area is 160 Å². The topological polar surface area (TPSA) is 82.8 Å². The first-order chi connectivity index (χ1) is 13.0. The van der Waals surface area contributed by atoms with Crippen LogP contribution in [0, 0.1) is 0 Å². The van der Waals surface area contributed by atoms with Crippen molar-refractivity contribution < 1.29 is 14.1 Å². The lowest BCUT2D eigenvalue weighted by atomic mass is 10.2. The number of nitrogens with zero attached hydrogens (tertiary/aromatic N) is 5. The lowest BCUT2D eigenvalue weighted by Crippen LogP contribution is -2.41. The second-order valence-electron chi connectivity index (χ2n) is 7.80. The molecule has 0 aromatic carbocycles. The van der Waals surface area contributed by atoms with E-state index in [2.05, 4.69) is 15.0 Å². The van der Waals surface area contributed by atoms with Crippen LogP contribution in [0.2, 0.25) is 0 Å². The third-order valence-corrected chi connectivity index (χ3v) is 5.31. The highest BCUT2D eigenvalue weighted by molar-refractivity contribution is 5.78. The van der Waals surface area contributed by atoms with Crippen molar-refractivity contribution in [3.63, 3.8) is 0 Å². The largest absolute Gasteiger partial charge is 0.342 e. The van der Waals surface area contributed by atoms with Gasteiger partial charge in [-0.2, -0.15) is 4.98 Å². The predicted molar refractivity (Wildman–Crippen MR) is 100 cm³/mol. The minimum absolute atomic E-state index is 0.118. The number of likely N-dealkylation sites (tertiary alicyclic amines) is 1. The summed E-state index contributed by atoms with van der Waals surface area (Å²) in [6, 6.07) is 0. The van der Waals surface area contributed by atoms with Crippen LogP contribution < -0.4 is 0 Å². The number of aryl methyl sites for hydroxylation is 1. The van der Waals surface area contributed by atoms with Crippen molar-refractivity contribution in [1.29, 1.82) is 0 Å². The molecule has 0 aliphatic carbocycles. The molecule has 8 nitrogen and oxygen atoms in total. The van der Waals surface area contributed by atoms with E-state index in [4.69, 9.17) is 4.52 Å². The molecule has 0 spiro atoms. The fraction of sp³-hybridized carbons (Fsp3) is 0.789. The molecule has 27 heavy (non-hydrogen) atoms. The third-order valence-electron chi connectivity index (χ3n) is 5.31. The maximum absolute atomic E-state index is 12.5. The summed E-state index contributed by atoms with van der Waals surface area (Å²) < 4.78 is 5.22. The van der Waals surface area contributed by atoms with Gasteiger partial charge < -0.3 is 14.3 Å². The first-order valence-corrected chi connectivity index (χ1v) is 10.1. The fourth-order valence-electron chi connectivity index (χ4n) is 3.61. The Morgan fingerprint density at radius 1 is 0.963 bits per heavy atom. The minimum Gasteiger partial charge on any atom is -0.342 e. The summed E-state index contributed by atoms with van der Waals surface area (Å²) in [6.07, 6.45) is 4.00. The van der Waals surface area contributed by atoms with Crippen molar-refractivity contribution in [2.45, 2.75) is 51.9 Å². The molecule has 0 saturated carbocycles. The van der Waals surface area contributed by atoms with E-state index in [1.54, 1.807) is 0 Å². The van der Waals surface area contributed by atoms with Crippen LogP contribution in [0.15, 0.2) is 4.52 Å². The molecule has 2 amide bonds. The zero-order chi connectivity index (χ0) is 19.2. The molecular weight excluding hydrogens is 346 g/mol. The Morgan fingerprint density at radius 3 is 2.37 bits per heavy atom. The maximum atomic E-state index is 12.5. The Hall–Kier alpha value is -1.96. The summed E-state index contributed by atoms with van der Waals surface area (Å²) in [7, 11) is 0. The SMILES string of the molecule is CC(C)c1noc(CCC(=O)N2CCCN(CC(=O)N3CCCC3)CC2)n1. The van der Waals surface area contributed by atoms with E-state index >= 15 is 0 Å². The normalized spacial score (nSPS) is 18.9. The molecule has 0 radical (unpaired) electrons. The van der Waals surface area contributed by atoms with Crippen molar-refractivity contribution in [3.8, 4) is 0 Å². The highest BCUT2D eigenvalue weighted by atomic mass is 16.5. The number of rotatable bonds is 6. The first-order valence-electron chi connectivity index (χ1n) is 10.1. The molecule has 2 aliphatic heterocycles. The highest BCUT2D eigenvalue weighted by Crippen LogP contribution is 2.13. The molecule has 2 aliphatic rings. The lowest BCUT2D eigenvalue weighted by molar-refractivity contribution is -0.131. The molecule has 1 aromatic heterocycles. The predicted octanol–water partition coefficient (Wildman–Crippen LogP) is 1.28. The molecule has 0 bridgehead atoms. The summed E-state index contributed by atoms with van der Waals surface area (Å²) in [5.41, 5.74) is 0. The number of carbonyl (C=O) groups is 2. The molecule has 8 heteroatoms. The van der Waals surface area contributed by atoms with Crippen molar-refractivity contribution in [2.75, 3.05) is 45.8 Å². The molecule has 2 fully saturated rings. The van der Waals surface area contributed by atoms with E-state index in [1.165, 1.54) is 0 Å². The van der Waals surface area contributed by atoms with Crippen molar-refractivity contribution in [2.24, 2.45) is 0 Å². The number of amides is 2. The molecule has 3 rings (SSSR count). The van der Waals surface area contributed by atoms with E-state index in [1.807, 2.05) is 23.6 Å². The quantitative estimate of drug-likeness (QED) is 0.743. The molecule has 3 heterocycles. The van der Waals surface area contributed by atoms with Gasteiger partial charge in [-0.1, -0.05) is 19.0 Å². The van der Waals surface area contributed by atoms with Gasteiger partial charge in [-0.25, -0.2) is 0 Å². The van der Waals surface area contributed by atoms with Crippen LogP contribution >= 0.6 is 0 Å². The average Bonchev–Trinajstić information content (AvgIpc) is 3.29. The number of hydrogen-bond acceptors (Lipinski definition) is 6. The van der Waals surface area contributed by atoms with Gasteiger partial charge in [-0.15, -0.1) is 0 Å². The Bertz CT molecular complexity index is 639. The smallest absolute Gasteiger partial charge is 0.236 e. The van der Waals surface area contributed by atoms with Gasteiger partial charge >= 0.3 is 0 Å². The van der Waals surface area contributed by atoms with Crippen molar-refractivity contribution >= 4 is 11.8 Å².